The fourth-order valence-corrected chi connectivity index (χ4v) is 1.69. The van der Waals surface area contributed by atoms with Crippen molar-refractivity contribution >= 4 is 5.78 Å². The van der Waals surface area contributed by atoms with Gasteiger partial charge in [0.25, 0.3) is 0 Å². The predicted octanol–water partition coefficient (Wildman–Crippen LogP) is 0.947. The Morgan fingerprint density at radius 1 is 1.47 bits per heavy atom. The van der Waals surface area contributed by atoms with E-state index in [1.165, 1.54) is 7.11 Å². The maximum atomic E-state index is 12.0. The average molecular weight is 238 g/mol. The van der Waals surface area contributed by atoms with Gasteiger partial charge in [-0.1, -0.05) is 0 Å². The lowest BCUT2D eigenvalue weighted by Crippen LogP contribution is -2.21. The van der Waals surface area contributed by atoms with Gasteiger partial charge in [0.15, 0.2) is 11.5 Å². The number of aryl methyl sites for hydroxylation is 1. The van der Waals surface area contributed by atoms with Crippen molar-refractivity contribution in [1.29, 1.82) is 0 Å². The van der Waals surface area contributed by atoms with E-state index in [9.17, 15) is 4.79 Å². The lowest BCUT2D eigenvalue weighted by molar-refractivity contribution is 0.0985. The smallest absolute Gasteiger partial charge is 0.180 e. The van der Waals surface area contributed by atoms with E-state index in [-0.39, 0.29) is 12.3 Å². The van der Waals surface area contributed by atoms with Crippen LogP contribution in [0.25, 0.3) is 0 Å². The highest BCUT2D eigenvalue weighted by molar-refractivity contribution is 6.01. The van der Waals surface area contributed by atoms with Crippen molar-refractivity contribution in [2.45, 2.75) is 13.5 Å². The topological polar surface area (TPSA) is 60.5 Å². The van der Waals surface area contributed by atoms with Crippen LogP contribution in [0.1, 0.15) is 21.6 Å². The van der Waals surface area contributed by atoms with Crippen molar-refractivity contribution in [3.63, 3.8) is 0 Å². The molecule has 0 aliphatic rings. The van der Waals surface area contributed by atoms with Crippen LogP contribution >= 0.6 is 0 Å². The Morgan fingerprint density at radius 2 is 2.18 bits per heavy atom. The number of Topliss-reactive ketones (excluding diaryl/α,β-unsaturated/α-hetero) is 1. The third-order valence-corrected chi connectivity index (χ3v) is 2.41. The zero-order valence-corrected chi connectivity index (χ0v) is 10.7. The van der Waals surface area contributed by atoms with E-state index in [4.69, 9.17) is 9.47 Å². The summed E-state index contributed by atoms with van der Waals surface area (Å²) in [7, 11) is 4.85. The molecule has 0 fully saturated rings. The molecular formula is C12H18N2O3. The summed E-state index contributed by atoms with van der Waals surface area (Å²) < 4.78 is 10.3. The summed E-state index contributed by atoms with van der Waals surface area (Å²) in [4.78, 5) is 16.2. The molecule has 17 heavy (non-hydrogen) atoms. The Labute approximate surface area is 101 Å². The summed E-state index contributed by atoms with van der Waals surface area (Å²) in [5.41, 5.74) is 2.00. The van der Waals surface area contributed by atoms with Crippen LogP contribution in [0.5, 0.6) is 5.75 Å². The van der Waals surface area contributed by atoms with Crippen LogP contribution in [0.4, 0.5) is 0 Å². The number of pyridine rings is 1. The first kappa shape index (κ1) is 13.6. The second-order valence-corrected chi connectivity index (χ2v) is 3.66. The Hall–Kier alpha value is -1.46. The van der Waals surface area contributed by atoms with Crippen molar-refractivity contribution < 1.29 is 14.3 Å². The van der Waals surface area contributed by atoms with Crippen LogP contribution in [0, 0.1) is 6.92 Å². The van der Waals surface area contributed by atoms with E-state index in [0.717, 1.165) is 5.56 Å². The van der Waals surface area contributed by atoms with Crippen molar-refractivity contribution in [2.75, 3.05) is 27.8 Å². The van der Waals surface area contributed by atoms with E-state index in [1.807, 2.05) is 6.92 Å². The highest BCUT2D eigenvalue weighted by Crippen LogP contribution is 2.25. The maximum absolute atomic E-state index is 12.0. The fourth-order valence-electron chi connectivity index (χ4n) is 1.69. The quantitative estimate of drug-likeness (QED) is 0.748. The number of nitrogens with zero attached hydrogens (tertiary/aromatic N) is 1. The molecular weight excluding hydrogens is 220 g/mol. The van der Waals surface area contributed by atoms with Gasteiger partial charge in [0.05, 0.1) is 31.5 Å². The molecule has 0 radical (unpaired) electrons. The summed E-state index contributed by atoms with van der Waals surface area (Å²) in [6.07, 6.45) is 1.66. The standard InChI is InChI=1S/C12H18N2O3/c1-8-12(17-4)11(10(15)6-13-2)9(5-14-8)7-16-3/h5,13H,6-7H2,1-4H3. The number of ether oxygens (including phenoxy) is 2. The summed E-state index contributed by atoms with van der Waals surface area (Å²) in [6.45, 7) is 2.41. The highest BCUT2D eigenvalue weighted by Gasteiger charge is 2.19. The van der Waals surface area contributed by atoms with E-state index in [1.54, 1.807) is 20.4 Å². The first-order chi connectivity index (χ1) is 8.15. The molecule has 0 aromatic carbocycles. The molecule has 1 rings (SSSR count). The lowest BCUT2D eigenvalue weighted by Gasteiger charge is -2.14. The second kappa shape index (κ2) is 6.32. The highest BCUT2D eigenvalue weighted by atomic mass is 16.5. The van der Waals surface area contributed by atoms with Gasteiger partial charge in [-0.15, -0.1) is 0 Å². The number of methoxy groups -OCH3 is 2. The van der Waals surface area contributed by atoms with Crippen LogP contribution in [-0.2, 0) is 11.3 Å². The normalized spacial score (nSPS) is 10.4. The third kappa shape index (κ3) is 3.01. The fraction of sp³-hybridized carbons (Fsp3) is 0.500. The van der Waals surface area contributed by atoms with Crippen LogP contribution in [0.3, 0.4) is 0 Å². The van der Waals surface area contributed by atoms with Gasteiger partial charge in [-0.3, -0.25) is 9.78 Å². The van der Waals surface area contributed by atoms with Crippen molar-refractivity contribution in [3.8, 4) is 5.75 Å². The molecule has 5 heteroatoms. The zero-order chi connectivity index (χ0) is 12.8. The summed E-state index contributed by atoms with van der Waals surface area (Å²) in [6, 6.07) is 0. The molecule has 0 bridgehead atoms. The number of aromatic nitrogens is 1. The molecule has 1 N–H and O–H groups in total. The minimum atomic E-state index is -0.0260. The van der Waals surface area contributed by atoms with Gasteiger partial charge < -0.3 is 14.8 Å². The van der Waals surface area contributed by atoms with Crippen LogP contribution < -0.4 is 10.1 Å². The third-order valence-electron chi connectivity index (χ3n) is 2.41. The minimum absolute atomic E-state index is 0.0260. The van der Waals surface area contributed by atoms with Gasteiger partial charge in [-0.05, 0) is 14.0 Å². The number of nitrogens with one attached hydrogen (secondary N) is 1. The second-order valence-electron chi connectivity index (χ2n) is 3.66. The number of hydrogen-bond donors (Lipinski definition) is 1. The van der Waals surface area contributed by atoms with Crippen molar-refractivity contribution in [3.05, 3.63) is 23.0 Å². The maximum Gasteiger partial charge on any atom is 0.180 e. The molecule has 0 amide bonds. The Bertz CT molecular complexity index is 405. The Kier molecular flexibility index (Phi) is 5.06. The van der Waals surface area contributed by atoms with E-state index in [2.05, 4.69) is 10.3 Å². The van der Waals surface area contributed by atoms with Crippen LogP contribution in [-0.4, -0.2) is 38.6 Å². The number of hydrogen-bond acceptors (Lipinski definition) is 5. The van der Waals surface area contributed by atoms with Gasteiger partial charge in [0.2, 0.25) is 0 Å². The molecule has 0 saturated heterocycles. The average Bonchev–Trinajstić information content (AvgIpc) is 2.31. The van der Waals surface area contributed by atoms with Crippen LogP contribution in [0.2, 0.25) is 0 Å². The summed E-state index contributed by atoms with van der Waals surface area (Å²) >= 11 is 0. The molecule has 0 aliphatic heterocycles. The largest absolute Gasteiger partial charge is 0.494 e. The van der Waals surface area contributed by atoms with Crippen LogP contribution in [0.15, 0.2) is 6.20 Å². The molecule has 1 aromatic heterocycles. The van der Waals surface area contributed by atoms with Crippen molar-refractivity contribution in [1.82, 2.24) is 10.3 Å². The monoisotopic (exact) mass is 238 g/mol. The number of carbonyl (C=O) groups is 1. The molecule has 1 aromatic rings. The molecule has 0 atom stereocenters. The van der Waals surface area contributed by atoms with E-state index < -0.39 is 0 Å². The van der Waals surface area contributed by atoms with Gasteiger partial charge in [-0.25, -0.2) is 0 Å². The van der Waals surface area contributed by atoms with E-state index >= 15 is 0 Å². The molecule has 1 heterocycles. The van der Waals surface area contributed by atoms with Gasteiger partial charge in [-0.2, -0.15) is 0 Å². The molecule has 0 aliphatic carbocycles. The van der Waals surface area contributed by atoms with E-state index in [0.29, 0.717) is 23.6 Å². The summed E-state index contributed by atoms with van der Waals surface area (Å²) in [5.74, 6) is 0.502. The number of ketones is 1. The Morgan fingerprint density at radius 3 is 2.71 bits per heavy atom. The molecule has 0 spiro atoms. The van der Waals surface area contributed by atoms with Crippen molar-refractivity contribution in [2.24, 2.45) is 0 Å². The Balaban J connectivity index is 3.27. The van der Waals surface area contributed by atoms with Gasteiger partial charge in [0, 0.05) is 18.9 Å². The summed E-state index contributed by atoms with van der Waals surface area (Å²) in [5, 5.41) is 2.84. The number of likely N-dealkylation sites (N-methyl/N-ethyl adjacent to an activating group) is 1. The molecule has 0 saturated carbocycles. The molecule has 0 unspecified atom stereocenters. The van der Waals surface area contributed by atoms with Gasteiger partial charge >= 0.3 is 0 Å². The number of rotatable bonds is 6. The minimum Gasteiger partial charge on any atom is -0.494 e. The van der Waals surface area contributed by atoms with Gasteiger partial charge in [0.1, 0.15) is 0 Å². The first-order valence-corrected chi connectivity index (χ1v) is 5.34. The number of carbonyl (C=O) groups excluding carboxylic acids is 1. The first-order valence-electron chi connectivity index (χ1n) is 5.34. The predicted molar refractivity (Wildman–Crippen MR) is 64.5 cm³/mol. The molecule has 5 nitrogen and oxygen atoms in total. The lowest BCUT2D eigenvalue weighted by atomic mass is 10.0. The SMILES string of the molecule is CNCC(=O)c1c(COC)cnc(C)c1OC. The zero-order valence-electron chi connectivity index (χ0n) is 10.7. The molecule has 94 valence electrons.